The molecule has 3 fully saturated rings. The van der Waals surface area contributed by atoms with Gasteiger partial charge in [-0.2, -0.15) is 18.2 Å². The van der Waals surface area contributed by atoms with Crippen LogP contribution in [0.4, 0.5) is 30.6 Å². The van der Waals surface area contributed by atoms with Crippen molar-refractivity contribution < 1.29 is 32.2 Å². The maximum absolute atomic E-state index is 14.2. The number of methoxy groups -OCH3 is 1. The van der Waals surface area contributed by atoms with Crippen molar-refractivity contribution in [1.29, 1.82) is 0 Å². The van der Waals surface area contributed by atoms with Crippen LogP contribution in [0.3, 0.4) is 0 Å². The maximum atomic E-state index is 14.2. The van der Waals surface area contributed by atoms with E-state index >= 15 is 0 Å². The van der Waals surface area contributed by atoms with Gasteiger partial charge in [0.05, 0.1) is 54.2 Å². The van der Waals surface area contributed by atoms with Gasteiger partial charge in [0, 0.05) is 56.9 Å². The van der Waals surface area contributed by atoms with Crippen molar-refractivity contribution in [1.82, 2.24) is 29.9 Å². The van der Waals surface area contributed by atoms with Crippen molar-refractivity contribution in [2.75, 3.05) is 62.1 Å². The van der Waals surface area contributed by atoms with E-state index < -0.39 is 17.6 Å². The average Bonchev–Trinajstić information content (AvgIpc) is 3.77. The van der Waals surface area contributed by atoms with Gasteiger partial charge in [0.2, 0.25) is 5.95 Å². The fraction of sp³-hybridized carbons (Fsp3) is 0.541. The number of aromatic amines is 1. The van der Waals surface area contributed by atoms with E-state index in [1.165, 1.54) is 18.6 Å². The number of nitrogens with one attached hydrogen (secondary N) is 2. The normalized spacial score (nSPS) is 17.7. The molecular formula is C37H44F3N9O4. The molecule has 2 aliphatic carbocycles. The molecule has 282 valence electrons. The Kier molecular flexibility index (Phi) is 10.2. The van der Waals surface area contributed by atoms with Crippen LogP contribution in [0.2, 0.25) is 0 Å². The molecule has 2 saturated carbocycles. The maximum Gasteiger partial charge on any atom is 0.418 e. The summed E-state index contributed by atoms with van der Waals surface area (Å²) >= 11 is 0. The molecule has 3 aliphatic rings. The molecule has 0 aromatic carbocycles. The van der Waals surface area contributed by atoms with Crippen LogP contribution in [0.25, 0.3) is 22.4 Å². The van der Waals surface area contributed by atoms with Gasteiger partial charge in [-0.05, 0) is 57.6 Å². The van der Waals surface area contributed by atoms with Gasteiger partial charge in [0.15, 0.2) is 5.65 Å². The van der Waals surface area contributed by atoms with E-state index in [9.17, 15) is 22.8 Å². The van der Waals surface area contributed by atoms with Gasteiger partial charge in [0.25, 0.3) is 5.91 Å². The Morgan fingerprint density at radius 1 is 1.04 bits per heavy atom. The molecule has 53 heavy (non-hydrogen) atoms. The van der Waals surface area contributed by atoms with Gasteiger partial charge in [-0.25, -0.2) is 15.0 Å². The molecule has 0 atom stereocenters. The molecule has 1 saturated heterocycles. The van der Waals surface area contributed by atoms with Gasteiger partial charge in [-0.3, -0.25) is 19.9 Å². The van der Waals surface area contributed by atoms with Crippen LogP contribution in [-0.4, -0.2) is 88.8 Å². The highest BCUT2D eigenvalue weighted by Gasteiger charge is 2.40. The van der Waals surface area contributed by atoms with E-state index in [0.717, 1.165) is 31.7 Å². The largest absolute Gasteiger partial charge is 0.466 e. The van der Waals surface area contributed by atoms with E-state index in [2.05, 4.69) is 40.1 Å². The van der Waals surface area contributed by atoms with Gasteiger partial charge in [-0.15, -0.1) is 0 Å². The number of anilines is 3. The lowest BCUT2D eigenvalue weighted by Gasteiger charge is -2.34. The van der Waals surface area contributed by atoms with E-state index in [1.54, 1.807) is 20.1 Å². The number of pyridine rings is 2. The summed E-state index contributed by atoms with van der Waals surface area (Å²) in [6.07, 6.45) is 6.60. The van der Waals surface area contributed by atoms with Crippen molar-refractivity contribution in [3.8, 4) is 11.3 Å². The predicted octanol–water partition coefficient (Wildman–Crippen LogP) is 6.38. The molecule has 13 nitrogen and oxygen atoms in total. The second kappa shape index (κ2) is 14.9. The number of fused-ring (bicyclic) bond motifs is 1. The van der Waals surface area contributed by atoms with Crippen molar-refractivity contribution in [2.45, 2.75) is 70.4 Å². The van der Waals surface area contributed by atoms with Crippen LogP contribution in [0.15, 0.2) is 30.7 Å². The fourth-order valence-electron chi connectivity index (χ4n) is 7.75. The third kappa shape index (κ3) is 7.92. The molecule has 0 spiro atoms. The Morgan fingerprint density at radius 2 is 1.79 bits per heavy atom. The number of esters is 1. The number of alkyl halides is 3. The lowest BCUT2D eigenvalue weighted by Crippen LogP contribution is -2.37. The number of carbonyl (C=O) groups is 2. The summed E-state index contributed by atoms with van der Waals surface area (Å²) in [6.45, 7) is 4.58. The van der Waals surface area contributed by atoms with Crippen LogP contribution in [0.5, 0.6) is 0 Å². The number of halogens is 3. The Morgan fingerprint density at radius 3 is 2.43 bits per heavy atom. The Balaban J connectivity index is 1.15. The first-order valence-corrected chi connectivity index (χ1v) is 18.2. The minimum absolute atomic E-state index is 0.0610. The van der Waals surface area contributed by atoms with E-state index in [-0.39, 0.29) is 57.5 Å². The molecule has 1 amide bonds. The number of imidazole rings is 1. The molecule has 0 bridgehead atoms. The summed E-state index contributed by atoms with van der Waals surface area (Å²) in [5, 5.41) is 2.75. The number of H-pyrrole nitrogens is 1. The number of rotatable bonds is 12. The molecule has 1 aliphatic heterocycles. The number of amides is 1. The van der Waals surface area contributed by atoms with Crippen LogP contribution < -0.4 is 15.1 Å². The number of carbonyl (C=O) groups excluding carboxylic acids is 2. The smallest absolute Gasteiger partial charge is 0.418 e. The second-order valence-corrected chi connectivity index (χ2v) is 14.5. The highest BCUT2D eigenvalue weighted by atomic mass is 19.4. The summed E-state index contributed by atoms with van der Waals surface area (Å²) in [6, 6.07) is 2.87. The zero-order valence-corrected chi connectivity index (χ0v) is 30.1. The topological polar surface area (TPSA) is 151 Å². The van der Waals surface area contributed by atoms with Crippen molar-refractivity contribution in [3.05, 3.63) is 47.7 Å². The van der Waals surface area contributed by atoms with Crippen LogP contribution in [0, 0.1) is 11.3 Å². The zero-order valence-electron chi connectivity index (χ0n) is 30.1. The number of ether oxygens (including phenoxy) is 2. The quantitative estimate of drug-likeness (QED) is 0.156. The van der Waals surface area contributed by atoms with Crippen molar-refractivity contribution in [3.63, 3.8) is 0 Å². The lowest BCUT2D eigenvalue weighted by atomic mass is 9.86. The third-order valence-corrected chi connectivity index (χ3v) is 10.6. The summed E-state index contributed by atoms with van der Waals surface area (Å²) in [7, 11) is 3.62. The number of nitrogens with zero attached hydrogens (tertiary/aromatic N) is 7. The van der Waals surface area contributed by atoms with Gasteiger partial charge < -0.3 is 24.3 Å². The van der Waals surface area contributed by atoms with Crippen LogP contribution in [-0.2, 0) is 20.4 Å². The van der Waals surface area contributed by atoms with Gasteiger partial charge >= 0.3 is 12.1 Å². The zero-order chi connectivity index (χ0) is 37.3. The summed E-state index contributed by atoms with van der Waals surface area (Å²) in [5.74, 6) is -0.371. The van der Waals surface area contributed by atoms with E-state index in [0.29, 0.717) is 75.6 Å². The average molecular weight is 736 g/mol. The van der Waals surface area contributed by atoms with Gasteiger partial charge in [-0.1, -0.05) is 12.8 Å². The van der Waals surface area contributed by atoms with Crippen LogP contribution >= 0.6 is 0 Å². The standard InChI is InChI=1S/C37H44F3N9O4/c1-4-53-34(51)23-9-13-49(14-10-23)29-19-41-27(18-42-29)33(50)47-35-45-31-28(48(2)20-36(21-52-3)11-5-6-12-36)16-26(44-32(31)46-35)24-15-25(37(38,39)40)30(43-17-24)22-7-8-22/h15-19,22-23H,4-14,20-21H2,1-3H3,(H2,44,45,46,47,50). The summed E-state index contributed by atoms with van der Waals surface area (Å²) < 4.78 is 53.4. The number of hydrogen-bond acceptors (Lipinski definition) is 11. The third-order valence-electron chi connectivity index (χ3n) is 10.6. The molecule has 0 unspecified atom stereocenters. The summed E-state index contributed by atoms with van der Waals surface area (Å²) in [4.78, 5) is 55.0. The molecule has 2 N–H and O–H groups in total. The number of piperidine rings is 1. The Bertz CT molecular complexity index is 1950. The molecule has 4 aromatic heterocycles. The Hall–Kier alpha value is -4.86. The van der Waals surface area contributed by atoms with E-state index in [1.807, 2.05) is 11.9 Å². The number of hydrogen-bond donors (Lipinski definition) is 2. The first kappa shape index (κ1) is 36.5. The molecule has 4 aromatic rings. The highest BCUT2D eigenvalue weighted by Crippen LogP contribution is 2.46. The van der Waals surface area contributed by atoms with Crippen molar-refractivity contribution in [2.24, 2.45) is 11.3 Å². The minimum Gasteiger partial charge on any atom is -0.466 e. The van der Waals surface area contributed by atoms with Gasteiger partial charge in [0.1, 0.15) is 17.0 Å². The second-order valence-electron chi connectivity index (χ2n) is 14.5. The minimum atomic E-state index is -4.56. The molecule has 0 radical (unpaired) electrons. The predicted molar refractivity (Wildman–Crippen MR) is 192 cm³/mol. The first-order valence-electron chi connectivity index (χ1n) is 18.2. The molecule has 16 heteroatoms. The lowest BCUT2D eigenvalue weighted by molar-refractivity contribution is -0.148. The monoisotopic (exact) mass is 735 g/mol. The molecular weight excluding hydrogens is 691 g/mol. The van der Waals surface area contributed by atoms with Crippen molar-refractivity contribution >= 4 is 40.5 Å². The van der Waals surface area contributed by atoms with Crippen LogP contribution in [0.1, 0.15) is 86.0 Å². The fourth-order valence-corrected chi connectivity index (χ4v) is 7.75. The first-order chi connectivity index (χ1) is 25.5. The highest BCUT2D eigenvalue weighted by molar-refractivity contribution is 6.03. The molecule has 7 rings (SSSR count). The molecule has 5 heterocycles. The number of aromatic nitrogens is 6. The van der Waals surface area contributed by atoms with E-state index in [4.69, 9.17) is 9.47 Å². The summed E-state index contributed by atoms with van der Waals surface area (Å²) in [5.41, 5.74) is 1.20. The SMILES string of the molecule is CCOC(=O)C1CCN(c2cnc(C(=O)Nc3nc4nc(-c5cnc(C6CC6)c(C(F)(F)F)c5)cc(N(C)CC5(COC)CCCC5)c4[nH]3)cn2)CC1. The Labute approximate surface area is 305 Å².